The van der Waals surface area contributed by atoms with Crippen LogP contribution in [0, 0.1) is 5.92 Å². The molecule has 0 saturated carbocycles. The minimum atomic E-state index is -3.14. The Labute approximate surface area is 141 Å². The van der Waals surface area contributed by atoms with Crippen molar-refractivity contribution >= 4 is 33.0 Å². The maximum absolute atomic E-state index is 12.9. The number of amides is 1. The number of anilines is 1. The second-order valence-electron chi connectivity index (χ2n) is 6.78. The first-order chi connectivity index (χ1) is 10.8. The van der Waals surface area contributed by atoms with Gasteiger partial charge in [-0.1, -0.05) is 25.4 Å². The molecule has 3 rings (SSSR count). The molecule has 7 heteroatoms. The Morgan fingerprint density at radius 1 is 1.26 bits per heavy atom. The third-order valence-electron chi connectivity index (χ3n) is 4.42. The zero-order chi connectivity index (χ0) is 16.8. The Kier molecular flexibility index (Phi) is 4.42. The molecule has 0 aromatic heterocycles. The van der Waals surface area contributed by atoms with E-state index in [0.29, 0.717) is 23.0 Å². The molecule has 3 atom stereocenters. The van der Waals surface area contributed by atoms with Crippen LogP contribution in [0.5, 0.6) is 0 Å². The second-order valence-corrected chi connectivity index (χ2v) is 9.37. The predicted octanol–water partition coefficient (Wildman–Crippen LogP) is 1.86. The van der Waals surface area contributed by atoms with Crippen LogP contribution in [0.2, 0.25) is 5.02 Å². The number of fused-ring (bicyclic) bond motifs is 1. The maximum atomic E-state index is 12.9. The molecule has 0 bridgehead atoms. The minimum absolute atomic E-state index is 0.00737. The van der Waals surface area contributed by atoms with E-state index in [2.05, 4.69) is 19.2 Å². The van der Waals surface area contributed by atoms with Crippen LogP contribution >= 0.6 is 11.6 Å². The van der Waals surface area contributed by atoms with E-state index < -0.39 is 9.84 Å². The van der Waals surface area contributed by atoms with Gasteiger partial charge in [0.1, 0.15) is 0 Å². The van der Waals surface area contributed by atoms with Crippen LogP contribution in [-0.2, 0) is 14.6 Å². The van der Waals surface area contributed by atoms with Crippen molar-refractivity contribution in [1.82, 2.24) is 5.32 Å². The van der Waals surface area contributed by atoms with Gasteiger partial charge in [0.2, 0.25) is 5.91 Å². The lowest BCUT2D eigenvalue weighted by atomic mass is 9.95. The Balaban J connectivity index is 1.98. The molecule has 2 saturated heterocycles. The molecule has 5 nitrogen and oxygen atoms in total. The first-order valence-corrected chi connectivity index (χ1v) is 10.0. The average molecular weight is 357 g/mol. The summed E-state index contributed by atoms with van der Waals surface area (Å²) in [5.74, 6) is 0.384. The first-order valence-electron chi connectivity index (χ1n) is 7.82. The van der Waals surface area contributed by atoms with Gasteiger partial charge in [-0.05, 0) is 36.6 Å². The highest BCUT2D eigenvalue weighted by molar-refractivity contribution is 7.91. The number of hydrogen-bond donors (Lipinski definition) is 1. The van der Waals surface area contributed by atoms with Gasteiger partial charge in [0, 0.05) is 16.8 Å². The van der Waals surface area contributed by atoms with E-state index in [9.17, 15) is 13.2 Å². The lowest BCUT2D eigenvalue weighted by Gasteiger charge is -2.42. The van der Waals surface area contributed by atoms with E-state index in [1.807, 2.05) is 0 Å². The monoisotopic (exact) mass is 356 g/mol. The molecule has 2 fully saturated rings. The number of rotatable bonds is 3. The fraction of sp³-hybridized carbons (Fsp3) is 0.562. The number of piperazine rings is 1. The van der Waals surface area contributed by atoms with Crippen molar-refractivity contribution in [3.8, 4) is 0 Å². The Morgan fingerprint density at radius 3 is 2.52 bits per heavy atom. The second kappa shape index (κ2) is 6.07. The molecule has 126 valence electrons. The highest BCUT2D eigenvalue weighted by Gasteiger charge is 2.49. The fourth-order valence-electron chi connectivity index (χ4n) is 3.46. The summed E-state index contributed by atoms with van der Waals surface area (Å²) in [6.45, 7) is 4.11. The fourth-order valence-corrected chi connectivity index (χ4v) is 5.49. The molecule has 1 aromatic carbocycles. The van der Waals surface area contributed by atoms with E-state index >= 15 is 0 Å². The summed E-state index contributed by atoms with van der Waals surface area (Å²) in [4.78, 5) is 14.6. The SMILES string of the molecule is CC(C)C[C@@H]1N[C@@H]2CS(=O)(=O)C[C@@H]2N(c2ccc(Cl)cc2)C1=O. The van der Waals surface area contributed by atoms with Gasteiger partial charge >= 0.3 is 0 Å². The molecule has 1 aromatic rings. The molecular weight excluding hydrogens is 336 g/mol. The quantitative estimate of drug-likeness (QED) is 0.897. The maximum Gasteiger partial charge on any atom is 0.244 e. The molecule has 23 heavy (non-hydrogen) atoms. The Bertz CT molecular complexity index is 703. The van der Waals surface area contributed by atoms with Crippen LogP contribution in [0.25, 0.3) is 0 Å². The molecule has 1 N–H and O–H groups in total. The third-order valence-corrected chi connectivity index (χ3v) is 6.39. The van der Waals surface area contributed by atoms with Gasteiger partial charge in [0.15, 0.2) is 9.84 Å². The summed E-state index contributed by atoms with van der Waals surface area (Å²) < 4.78 is 24.1. The molecule has 0 unspecified atom stereocenters. The third kappa shape index (κ3) is 3.39. The van der Waals surface area contributed by atoms with Gasteiger partial charge in [0.05, 0.1) is 23.6 Å². The van der Waals surface area contributed by atoms with E-state index in [-0.39, 0.29) is 35.5 Å². The van der Waals surface area contributed by atoms with E-state index in [1.54, 1.807) is 29.2 Å². The van der Waals surface area contributed by atoms with Crippen molar-refractivity contribution in [3.05, 3.63) is 29.3 Å². The molecule has 1 amide bonds. The molecule has 0 aliphatic carbocycles. The summed E-state index contributed by atoms with van der Waals surface area (Å²) in [6.07, 6.45) is 0.687. The largest absolute Gasteiger partial charge is 0.305 e. The Hall–Kier alpha value is -1.11. The summed E-state index contributed by atoms with van der Waals surface area (Å²) in [7, 11) is -3.14. The molecule has 2 aliphatic heterocycles. The van der Waals surface area contributed by atoms with Crippen LogP contribution in [-0.4, -0.2) is 44.0 Å². The zero-order valence-corrected chi connectivity index (χ0v) is 14.8. The smallest absolute Gasteiger partial charge is 0.244 e. The summed E-state index contributed by atoms with van der Waals surface area (Å²) >= 11 is 5.93. The zero-order valence-electron chi connectivity index (χ0n) is 13.2. The van der Waals surface area contributed by atoms with Gasteiger partial charge in [-0.3, -0.25) is 10.1 Å². The number of nitrogens with one attached hydrogen (secondary N) is 1. The topological polar surface area (TPSA) is 66.5 Å². The van der Waals surface area contributed by atoms with E-state index in [0.717, 1.165) is 0 Å². The molecule has 2 heterocycles. The van der Waals surface area contributed by atoms with Gasteiger partial charge in [-0.15, -0.1) is 0 Å². The summed E-state index contributed by atoms with van der Waals surface area (Å²) in [5.41, 5.74) is 0.710. The van der Waals surface area contributed by atoms with Crippen LogP contribution in [0.3, 0.4) is 0 Å². The predicted molar refractivity (Wildman–Crippen MR) is 91.5 cm³/mol. The number of sulfone groups is 1. The molecule has 0 spiro atoms. The van der Waals surface area contributed by atoms with Crippen LogP contribution in [0.15, 0.2) is 24.3 Å². The Morgan fingerprint density at radius 2 is 1.91 bits per heavy atom. The first kappa shape index (κ1) is 16.7. The standard InChI is InChI=1S/C16H21ClN2O3S/c1-10(2)7-13-16(20)19(12-5-3-11(17)4-6-12)15-9-23(21,22)8-14(15)18-13/h3-6,10,13-15,18H,7-9H2,1-2H3/t13-,14+,15-/m0/s1. The number of nitrogens with zero attached hydrogens (tertiary/aromatic N) is 1. The minimum Gasteiger partial charge on any atom is -0.305 e. The van der Waals surface area contributed by atoms with E-state index in [1.165, 1.54) is 0 Å². The highest BCUT2D eigenvalue weighted by atomic mass is 35.5. The number of carbonyl (C=O) groups excluding carboxylic acids is 1. The number of benzene rings is 1. The number of carbonyl (C=O) groups is 1. The van der Waals surface area contributed by atoms with Crippen LogP contribution in [0.1, 0.15) is 20.3 Å². The van der Waals surface area contributed by atoms with Gasteiger partial charge in [-0.2, -0.15) is 0 Å². The lowest BCUT2D eigenvalue weighted by Crippen LogP contribution is -2.65. The highest BCUT2D eigenvalue weighted by Crippen LogP contribution is 2.31. The van der Waals surface area contributed by atoms with Crippen molar-refractivity contribution in [2.45, 2.75) is 38.4 Å². The van der Waals surface area contributed by atoms with Crippen LogP contribution in [0.4, 0.5) is 5.69 Å². The average Bonchev–Trinajstić information content (AvgIpc) is 2.74. The van der Waals surface area contributed by atoms with Crippen molar-refractivity contribution in [2.75, 3.05) is 16.4 Å². The number of halogens is 1. The van der Waals surface area contributed by atoms with Crippen molar-refractivity contribution in [2.24, 2.45) is 5.92 Å². The van der Waals surface area contributed by atoms with E-state index in [4.69, 9.17) is 11.6 Å². The molecular formula is C16H21ClN2O3S. The molecule has 0 radical (unpaired) electrons. The normalized spacial score (nSPS) is 29.8. The molecule has 2 aliphatic rings. The van der Waals surface area contributed by atoms with Crippen LogP contribution < -0.4 is 10.2 Å². The lowest BCUT2D eigenvalue weighted by molar-refractivity contribution is -0.123. The van der Waals surface area contributed by atoms with Crippen molar-refractivity contribution < 1.29 is 13.2 Å². The number of hydrogen-bond acceptors (Lipinski definition) is 4. The van der Waals surface area contributed by atoms with Gasteiger partial charge < -0.3 is 4.90 Å². The van der Waals surface area contributed by atoms with Crippen molar-refractivity contribution in [3.63, 3.8) is 0 Å². The summed E-state index contributed by atoms with van der Waals surface area (Å²) in [5, 5.41) is 3.86. The van der Waals surface area contributed by atoms with Gasteiger partial charge in [0.25, 0.3) is 0 Å². The van der Waals surface area contributed by atoms with Gasteiger partial charge in [-0.25, -0.2) is 8.42 Å². The van der Waals surface area contributed by atoms with Crippen molar-refractivity contribution in [1.29, 1.82) is 0 Å². The summed E-state index contributed by atoms with van der Waals surface area (Å²) in [6, 6.07) is 6.10.